The van der Waals surface area contributed by atoms with E-state index in [1.165, 1.54) is 61.7 Å². The van der Waals surface area contributed by atoms with Crippen LogP contribution in [0.3, 0.4) is 0 Å². The van der Waals surface area contributed by atoms with Crippen molar-refractivity contribution in [1.82, 2.24) is 0 Å². The Labute approximate surface area is 160 Å². The molecule has 3 aromatic carbocycles. The fraction of sp³-hybridized carbons (Fsp3) is 0.364. The number of halogens is 2. The lowest BCUT2D eigenvalue weighted by molar-refractivity contribution is 0.360. The van der Waals surface area contributed by atoms with Gasteiger partial charge in [-0.05, 0) is 102 Å². The average Bonchev–Trinajstić information content (AvgIpc) is 2.91. The van der Waals surface area contributed by atoms with Crippen LogP contribution in [0.5, 0.6) is 0 Å². The first kappa shape index (κ1) is 16.6. The molecule has 0 saturated heterocycles. The third kappa shape index (κ3) is 2.93. The zero-order valence-corrected chi connectivity index (χ0v) is 17.4. The summed E-state index contributed by atoms with van der Waals surface area (Å²) in [5.41, 5.74) is 1.99. The van der Waals surface area contributed by atoms with Crippen LogP contribution in [0.4, 0.5) is 0 Å². The highest BCUT2D eigenvalue weighted by Crippen LogP contribution is 2.43. The molecule has 1 fully saturated rings. The van der Waals surface area contributed by atoms with Crippen molar-refractivity contribution in [2.24, 2.45) is 11.3 Å². The van der Waals surface area contributed by atoms with Crippen molar-refractivity contribution in [3.05, 3.63) is 57.0 Å². The van der Waals surface area contributed by atoms with Crippen LogP contribution in [0.1, 0.15) is 38.7 Å². The molecular formula is C22H22Br2. The lowest BCUT2D eigenvalue weighted by Gasteiger charge is -2.17. The first-order chi connectivity index (χ1) is 11.4. The predicted molar refractivity (Wildman–Crippen MR) is 112 cm³/mol. The van der Waals surface area contributed by atoms with Gasteiger partial charge in [0.1, 0.15) is 0 Å². The maximum Gasteiger partial charge on any atom is 0.0333 e. The van der Waals surface area contributed by atoms with Gasteiger partial charge in [0, 0.05) is 8.95 Å². The van der Waals surface area contributed by atoms with E-state index in [1.807, 2.05) is 0 Å². The molecule has 1 atom stereocenters. The Morgan fingerprint density at radius 1 is 0.917 bits per heavy atom. The molecule has 0 aromatic heterocycles. The molecule has 3 aromatic rings. The maximum absolute atomic E-state index is 3.86. The fourth-order valence-electron chi connectivity index (χ4n) is 4.34. The lowest BCUT2D eigenvalue weighted by atomic mass is 9.88. The Balaban J connectivity index is 1.78. The zero-order chi connectivity index (χ0) is 16.9. The normalized spacial score (nSPS) is 20.1. The molecule has 0 amide bonds. The summed E-state index contributed by atoms with van der Waals surface area (Å²) >= 11 is 7.68. The second kappa shape index (κ2) is 6.14. The minimum atomic E-state index is 0.529. The third-order valence-electron chi connectivity index (χ3n) is 5.55. The van der Waals surface area contributed by atoms with E-state index >= 15 is 0 Å². The number of benzene rings is 3. The van der Waals surface area contributed by atoms with Gasteiger partial charge in [-0.1, -0.05) is 50.2 Å². The van der Waals surface area contributed by atoms with Crippen molar-refractivity contribution in [2.45, 2.75) is 39.5 Å². The standard InChI is InChI=1S/C22H22Br2/c1-22(2)10-9-15(13-22)11-14-7-8-18-19(12-14)21(24)17-6-4-3-5-16(17)20(18)23/h3-8,12,15H,9-11,13H2,1-2H3. The van der Waals surface area contributed by atoms with Crippen LogP contribution in [0.2, 0.25) is 0 Å². The minimum absolute atomic E-state index is 0.529. The van der Waals surface area contributed by atoms with Crippen molar-refractivity contribution >= 4 is 53.4 Å². The predicted octanol–water partition coefficient (Wildman–Crippen LogP) is 7.89. The van der Waals surface area contributed by atoms with Gasteiger partial charge in [0.25, 0.3) is 0 Å². The highest BCUT2D eigenvalue weighted by atomic mass is 79.9. The van der Waals surface area contributed by atoms with Crippen LogP contribution in [0.15, 0.2) is 51.4 Å². The maximum atomic E-state index is 3.86. The molecule has 0 spiro atoms. The summed E-state index contributed by atoms with van der Waals surface area (Å²) in [6.45, 7) is 4.82. The molecule has 1 aliphatic carbocycles. The largest absolute Gasteiger partial charge is 0.0616 e. The van der Waals surface area contributed by atoms with Gasteiger partial charge in [0.2, 0.25) is 0 Å². The van der Waals surface area contributed by atoms with Crippen LogP contribution >= 0.6 is 31.9 Å². The molecule has 0 aliphatic heterocycles. The summed E-state index contributed by atoms with van der Waals surface area (Å²) in [5.74, 6) is 0.833. The first-order valence-electron chi connectivity index (χ1n) is 8.73. The first-order valence-corrected chi connectivity index (χ1v) is 10.3. The number of rotatable bonds is 2. The molecule has 2 heteroatoms. The fourth-order valence-corrected chi connectivity index (χ4v) is 5.70. The molecule has 0 bridgehead atoms. The molecule has 1 unspecified atom stereocenters. The van der Waals surface area contributed by atoms with E-state index in [0.717, 1.165) is 5.92 Å². The quantitative estimate of drug-likeness (QED) is 0.351. The van der Waals surface area contributed by atoms with Crippen LogP contribution < -0.4 is 0 Å². The summed E-state index contributed by atoms with van der Waals surface area (Å²) in [4.78, 5) is 0. The zero-order valence-electron chi connectivity index (χ0n) is 14.2. The minimum Gasteiger partial charge on any atom is -0.0616 e. The van der Waals surface area contributed by atoms with E-state index in [1.54, 1.807) is 0 Å². The average molecular weight is 446 g/mol. The molecule has 1 aliphatic rings. The van der Waals surface area contributed by atoms with E-state index in [9.17, 15) is 0 Å². The molecule has 1 saturated carbocycles. The van der Waals surface area contributed by atoms with Gasteiger partial charge in [-0.2, -0.15) is 0 Å². The molecule has 124 valence electrons. The summed E-state index contributed by atoms with van der Waals surface area (Å²) in [6, 6.07) is 15.6. The smallest absolute Gasteiger partial charge is 0.0333 e. The summed E-state index contributed by atoms with van der Waals surface area (Å²) in [6.07, 6.45) is 5.29. The Morgan fingerprint density at radius 3 is 2.17 bits per heavy atom. The van der Waals surface area contributed by atoms with Crippen LogP contribution in [-0.4, -0.2) is 0 Å². The Kier molecular flexibility index (Phi) is 4.25. The van der Waals surface area contributed by atoms with Gasteiger partial charge in [-0.15, -0.1) is 0 Å². The molecule has 0 N–H and O–H groups in total. The second-order valence-corrected chi connectivity index (χ2v) is 9.62. The van der Waals surface area contributed by atoms with E-state index in [2.05, 4.69) is 88.2 Å². The third-order valence-corrected chi connectivity index (χ3v) is 7.26. The van der Waals surface area contributed by atoms with Crippen LogP contribution in [0.25, 0.3) is 21.5 Å². The van der Waals surface area contributed by atoms with E-state index in [0.29, 0.717) is 5.41 Å². The molecular weight excluding hydrogens is 424 g/mol. The van der Waals surface area contributed by atoms with Crippen LogP contribution in [-0.2, 0) is 6.42 Å². The van der Waals surface area contributed by atoms with Crippen molar-refractivity contribution < 1.29 is 0 Å². The topological polar surface area (TPSA) is 0 Å². The van der Waals surface area contributed by atoms with E-state index in [4.69, 9.17) is 0 Å². The van der Waals surface area contributed by atoms with E-state index < -0.39 is 0 Å². The molecule has 4 rings (SSSR count). The molecule has 0 radical (unpaired) electrons. The van der Waals surface area contributed by atoms with E-state index in [-0.39, 0.29) is 0 Å². The molecule has 24 heavy (non-hydrogen) atoms. The van der Waals surface area contributed by atoms with Crippen molar-refractivity contribution in [2.75, 3.05) is 0 Å². The van der Waals surface area contributed by atoms with Crippen LogP contribution in [0, 0.1) is 11.3 Å². The van der Waals surface area contributed by atoms with Gasteiger partial charge in [-0.3, -0.25) is 0 Å². The highest BCUT2D eigenvalue weighted by molar-refractivity contribution is 9.11. The Morgan fingerprint density at radius 2 is 1.54 bits per heavy atom. The SMILES string of the molecule is CC1(C)CCC(Cc2ccc3c(Br)c4ccccc4c(Br)c3c2)C1. The van der Waals surface area contributed by atoms with Gasteiger partial charge < -0.3 is 0 Å². The van der Waals surface area contributed by atoms with Crippen molar-refractivity contribution in [1.29, 1.82) is 0 Å². The number of hydrogen-bond donors (Lipinski definition) is 0. The Hall–Kier alpha value is -0.860. The van der Waals surface area contributed by atoms with Crippen molar-refractivity contribution in [3.63, 3.8) is 0 Å². The summed E-state index contributed by atoms with van der Waals surface area (Å²) in [5, 5.41) is 5.14. The summed E-state index contributed by atoms with van der Waals surface area (Å²) < 4.78 is 2.41. The monoisotopic (exact) mass is 444 g/mol. The summed E-state index contributed by atoms with van der Waals surface area (Å²) in [7, 11) is 0. The second-order valence-electron chi connectivity index (χ2n) is 8.03. The van der Waals surface area contributed by atoms with Gasteiger partial charge >= 0.3 is 0 Å². The number of hydrogen-bond acceptors (Lipinski definition) is 0. The lowest BCUT2D eigenvalue weighted by Crippen LogP contribution is -2.06. The van der Waals surface area contributed by atoms with Gasteiger partial charge in [0.15, 0.2) is 0 Å². The highest BCUT2D eigenvalue weighted by Gasteiger charge is 2.30. The number of fused-ring (bicyclic) bond motifs is 2. The van der Waals surface area contributed by atoms with Gasteiger partial charge in [0.05, 0.1) is 0 Å². The Bertz CT molecular complexity index is 924. The molecule has 0 nitrogen and oxygen atoms in total. The van der Waals surface area contributed by atoms with Crippen molar-refractivity contribution in [3.8, 4) is 0 Å². The van der Waals surface area contributed by atoms with Gasteiger partial charge in [-0.25, -0.2) is 0 Å². The molecule has 0 heterocycles.